The molecule has 0 saturated carbocycles. The van der Waals surface area contributed by atoms with Gasteiger partial charge in [0.25, 0.3) is 0 Å². The van der Waals surface area contributed by atoms with Crippen molar-refractivity contribution in [2.24, 2.45) is 11.8 Å². The monoisotopic (exact) mass is 248 g/mol. The van der Waals surface area contributed by atoms with Crippen LogP contribution in [0.15, 0.2) is 0 Å². The molecule has 1 fully saturated rings. The Balaban J connectivity index is 2.18. The first-order chi connectivity index (χ1) is 8.40. The third-order valence-electron chi connectivity index (χ3n) is 4.63. The van der Waals surface area contributed by atoms with Crippen molar-refractivity contribution < 1.29 is 0 Å². The quantitative estimate of drug-likeness (QED) is 0.805. The first kappa shape index (κ1) is 13.4. The maximum atomic E-state index is 4.45. The Kier molecular flexibility index (Phi) is 3.66. The average molecular weight is 248 g/mol. The second-order valence-corrected chi connectivity index (χ2v) is 5.72. The van der Waals surface area contributed by atoms with Crippen LogP contribution in [0.4, 0.5) is 0 Å². The highest BCUT2D eigenvalue weighted by molar-refractivity contribution is 4.99. The highest BCUT2D eigenvalue weighted by Gasteiger charge is 2.39. The molecule has 1 aliphatic rings. The molecule has 4 heteroatoms. The number of aromatic nitrogens is 3. The minimum Gasteiger partial charge on any atom is -0.290 e. The summed E-state index contributed by atoms with van der Waals surface area (Å²) < 4.78 is 0. The smallest absolute Gasteiger partial charge is 0.146 e. The van der Waals surface area contributed by atoms with E-state index in [-0.39, 0.29) is 0 Å². The van der Waals surface area contributed by atoms with Crippen LogP contribution in [0.1, 0.15) is 45.2 Å². The lowest BCUT2D eigenvalue weighted by Crippen LogP contribution is -2.34. The van der Waals surface area contributed by atoms with E-state index >= 15 is 0 Å². The number of hydrogen-bond donors (Lipinski definition) is 0. The summed E-state index contributed by atoms with van der Waals surface area (Å²) in [6.45, 7) is 14.0. The van der Waals surface area contributed by atoms with Gasteiger partial charge in [-0.3, -0.25) is 4.90 Å². The molecule has 2 heterocycles. The molecule has 4 nitrogen and oxygen atoms in total. The van der Waals surface area contributed by atoms with Crippen LogP contribution in [-0.4, -0.2) is 31.9 Å². The molecule has 0 radical (unpaired) electrons. The largest absolute Gasteiger partial charge is 0.290 e. The highest BCUT2D eigenvalue weighted by atomic mass is 15.2. The van der Waals surface area contributed by atoms with E-state index in [4.69, 9.17) is 0 Å². The van der Waals surface area contributed by atoms with Crippen molar-refractivity contribution in [1.82, 2.24) is 19.9 Å². The van der Waals surface area contributed by atoms with Gasteiger partial charge in [0.15, 0.2) is 0 Å². The third-order valence-corrected chi connectivity index (χ3v) is 4.63. The van der Waals surface area contributed by atoms with Crippen LogP contribution in [-0.2, 0) is 6.54 Å². The second-order valence-electron chi connectivity index (χ2n) is 5.72. The van der Waals surface area contributed by atoms with Crippen LogP contribution >= 0.6 is 0 Å². The molecule has 1 aromatic rings. The molecular weight excluding hydrogens is 224 g/mol. The Bertz CT molecular complexity index is 398. The van der Waals surface area contributed by atoms with Crippen molar-refractivity contribution in [3.63, 3.8) is 0 Å². The minimum absolute atomic E-state index is 0.590. The van der Waals surface area contributed by atoms with Crippen LogP contribution in [0.5, 0.6) is 0 Å². The molecule has 4 atom stereocenters. The number of hydrogen-bond acceptors (Lipinski definition) is 4. The maximum absolute atomic E-state index is 4.45. The van der Waals surface area contributed by atoms with Gasteiger partial charge >= 0.3 is 0 Å². The van der Waals surface area contributed by atoms with E-state index in [1.54, 1.807) is 0 Å². The summed E-state index contributed by atoms with van der Waals surface area (Å²) >= 11 is 0. The molecule has 0 aliphatic carbocycles. The molecule has 0 unspecified atom stereocenters. The summed E-state index contributed by atoms with van der Waals surface area (Å²) in [5.41, 5.74) is 0. The summed E-state index contributed by atoms with van der Waals surface area (Å²) in [6.07, 6.45) is 0. The fraction of sp³-hybridized carbons (Fsp3) is 0.786. The summed E-state index contributed by atoms with van der Waals surface area (Å²) in [5.74, 6) is 3.99. The van der Waals surface area contributed by atoms with Crippen molar-refractivity contribution in [2.45, 2.75) is 60.2 Å². The second kappa shape index (κ2) is 4.92. The Hall–Kier alpha value is -1.03. The average Bonchev–Trinajstić information content (AvgIpc) is 2.46. The van der Waals surface area contributed by atoms with E-state index in [0.29, 0.717) is 12.1 Å². The van der Waals surface area contributed by atoms with Crippen LogP contribution < -0.4 is 0 Å². The van der Waals surface area contributed by atoms with Gasteiger partial charge in [-0.2, -0.15) is 0 Å². The van der Waals surface area contributed by atoms with E-state index in [0.717, 1.165) is 35.9 Å². The lowest BCUT2D eigenvalue weighted by atomic mass is 9.92. The van der Waals surface area contributed by atoms with Gasteiger partial charge in [-0.25, -0.2) is 15.0 Å². The molecule has 0 spiro atoms. The van der Waals surface area contributed by atoms with Gasteiger partial charge in [0.05, 0.1) is 6.54 Å². The van der Waals surface area contributed by atoms with Crippen molar-refractivity contribution >= 4 is 0 Å². The zero-order valence-corrected chi connectivity index (χ0v) is 12.3. The zero-order chi connectivity index (χ0) is 13.4. The number of aryl methyl sites for hydroxylation is 2. The van der Waals surface area contributed by atoms with Crippen molar-refractivity contribution in [3.8, 4) is 0 Å². The van der Waals surface area contributed by atoms with E-state index in [1.165, 1.54) is 0 Å². The van der Waals surface area contributed by atoms with Crippen LogP contribution in [0.3, 0.4) is 0 Å². The normalized spacial score (nSPS) is 33.0. The standard InChI is InChI=1S/C14H24N4/c1-8-9(2)11(4)18(10(8)3)7-14-16-12(5)15-13(6)17-14/h8-11H,7H2,1-6H3/t8-,9+,10-,11+. The topological polar surface area (TPSA) is 41.9 Å². The van der Waals surface area contributed by atoms with Crippen LogP contribution in [0, 0.1) is 25.7 Å². The molecule has 1 saturated heterocycles. The van der Waals surface area contributed by atoms with E-state index in [9.17, 15) is 0 Å². The predicted molar refractivity (Wildman–Crippen MR) is 72.1 cm³/mol. The molecule has 0 N–H and O–H groups in total. The van der Waals surface area contributed by atoms with E-state index < -0.39 is 0 Å². The van der Waals surface area contributed by atoms with E-state index in [1.807, 2.05) is 13.8 Å². The lowest BCUT2D eigenvalue weighted by Gasteiger charge is -2.26. The van der Waals surface area contributed by atoms with Crippen molar-refractivity contribution in [2.75, 3.05) is 0 Å². The molecule has 2 rings (SSSR count). The first-order valence-electron chi connectivity index (χ1n) is 6.84. The molecule has 1 aliphatic heterocycles. The van der Waals surface area contributed by atoms with Crippen LogP contribution in [0.2, 0.25) is 0 Å². The molecule has 18 heavy (non-hydrogen) atoms. The lowest BCUT2D eigenvalue weighted by molar-refractivity contribution is 0.183. The zero-order valence-electron chi connectivity index (χ0n) is 12.3. The molecule has 100 valence electrons. The Labute approximate surface area is 110 Å². The van der Waals surface area contributed by atoms with Gasteiger partial charge in [0.1, 0.15) is 17.5 Å². The SMILES string of the molecule is Cc1nc(C)nc(CN2[C@H](C)[C@H](C)[C@H](C)[C@@H]2C)n1. The van der Waals surface area contributed by atoms with Gasteiger partial charge in [-0.05, 0) is 39.5 Å². The maximum Gasteiger partial charge on any atom is 0.146 e. The Morgan fingerprint density at radius 2 is 1.28 bits per heavy atom. The van der Waals surface area contributed by atoms with Gasteiger partial charge in [0.2, 0.25) is 0 Å². The molecule has 0 aromatic carbocycles. The highest BCUT2D eigenvalue weighted by Crippen LogP contribution is 2.35. The minimum atomic E-state index is 0.590. The summed E-state index contributed by atoms with van der Waals surface area (Å²) in [4.78, 5) is 15.7. The molecule has 0 amide bonds. The van der Waals surface area contributed by atoms with Crippen molar-refractivity contribution in [1.29, 1.82) is 0 Å². The Morgan fingerprint density at radius 1 is 0.833 bits per heavy atom. The fourth-order valence-electron chi connectivity index (χ4n) is 3.06. The molecule has 0 bridgehead atoms. The number of likely N-dealkylation sites (tertiary alicyclic amines) is 1. The van der Waals surface area contributed by atoms with Crippen molar-refractivity contribution in [3.05, 3.63) is 17.5 Å². The molecular formula is C14H24N4. The van der Waals surface area contributed by atoms with Gasteiger partial charge in [-0.1, -0.05) is 13.8 Å². The number of rotatable bonds is 2. The summed E-state index contributed by atoms with van der Waals surface area (Å²) in [5, 5.41) is 0. The van der Waals surface area contributed by atoms with Gasteiger partial charge in [0, 0.05) is 12.1 Å². The summed E-state index contributed by atoms with van der Waals surface area (Å²) in [7, 11) is 0. The fourth-order valence-corrected chi connectivity index (χ4v) is 3.06. The van der Waals surface area contributed by atoms with E-state index in [2.05, 4.69) is 47.5 Å². The van der Waals surface area contributed by atoms with Gasteiger partial charge in [-0.15, -0.1) is 0 Å². The summed E-state index contributed by atoms with van der Waals surface area (Å²) in [6, 6.07) is 1.18. The third kappa shape index (κ3) is 2.39. The number of nitrogens with zero attached hydrogens (tertiary/aromatic N) is 4. The van der Waals surface area contributed by atoms with Crippen LogP contribution in [0.25, 0.3) is 0 Å². The molecule has 1 aromatic heterocycles. The predicted octanol–water partition coefficient (Wildman–Crippen LogP) is 2.35. The Morgan fingerprint density at radius 3 is 1.72 bits per heavy atom. The first-order valence-corrected chi connectivity index (χ1v) is 6.84. The van der Waals surface area contributed by atoms with Gasteiger partial charge < -0.3 is 0 Å².